The van der Waals surface area contributed by atoms with E-state index < -0.39 is 25.8 Å². The molecule has 1 amide bonds. The van der Waals surface area contributed by atoms with E-state index in [4.69, 9.17) is 0 Å². The lowest BCUT2D eigenvalue weighted by molar-refractivity contribution is 0.0952. The fourth-order valence-electron chi connectivity index (χ4n) is 2.83. The molecule has 0 radical (unpaired) electrons. The summed E-state index contributed by atoms with van der Waals surface area (Å²) in [5.74, 6) is -0.441. The van der Waals surface area contributed by atoms with Crippen molar-refractivity contribution in [3.63, 3.8) is 0 Å². The minimum Gasteiger partial charge on any atom is -0.348 e. The quantitative estimate of drug-likeness (QED) is 0.565. The molecule has 0 atom stereocenters. The predicted octanol–water partition coefficient (Wildman–Crippen LogP) is 3.13. The molecule has 0 aliphatic rings. The molecule has 0 heterocycles. The van der Waals surface area contributed by atoms with Crippen LogP contribution in [-0.2, 0) is 26.4 Å². The van der Waals surface area contributed by atoms with Crippen molar-refractivity contribution < 1.29 is 21.6 Å². The third kappa shape index (κ3) is 5.71. The maximum atomic E-state index is 12.8. The van der Waals surface area contributed by atoms with Crippen LogP contribution in [0.15, 0.2) is 82.6 Å². The van der Waals surface area contributed by atoms with E-state index >= 15 is 0 Å². The van der Waals surface area contributed by atoms with Gasteiger partial charge in [-0.25, -0.2) is 16.8 Å². The fourth-order valence-corrected chi connectivity index (χ4v) is 4.70. The summed E-state index contributed by atoms with van der Waals surface area (Å²) in [6.07, 6.45) is 1.000. The van der Waals surface area contributed by atoms with Gasteiger partial charge in [-0.15, -0.1) is 0 Å². The first-order valence-electron chi connectivity index (χ1n) is 9.32. The minimum absolute atomic E-state index is 0.0914. The molecule has 31 heavy (non-hydrogen) atoms. The zero-order chi connectivity index (χ0) is 22.6. The summed E-state index contributed by atoms with van der Waals surface area (Å²) in [6.45, 7) is 2.26. The van der Waals surface area contributed by atoms with E-state index in [2.05, 4.69) is 10.0 Å². The van der Waals surface area contributed by atoms with Crippen LogP contribution in [0.2, 0.25) is 0 Å². The molecule has 0 saturated heterocycles. The lowest BCUT2D eigenvalue weighted by Crippen LogP contribution is -2.25. The molecule has 0 aliphatic heterocycles. The Kier molecular flexibility index (Phi) is 6.47. The number of benzene rings is 3. The zero-order valence-electron chi connectivity index (χ0n) is 17.0. The van der Waals surface area contributed by atoms with Crippen molar-refractivity contribution in [2.75, 3.05) is 11.0 Å². The lowest BCUT2D eigenvalue weighted by atomic mass is 10.1. The number of hydrogen-bond acceptors (Lipinski definition) is 5. The summed E-state index contributed by atoms with van der Waals surface area (Å²) < 4.78 is 51.5. The molecular formula is C22H22N2O5S2. The van der Waals surface area contributed by atoms with Gasteiger partial charge in [-0.3, -0.25) is 9.52 Å². The highest BCUT2D eigenvalue weighted by Gasteiger charge is 2.20. The number of amides is 1. The number of sulfonamides is 1. The predicted molar refractivity (Wildman–Crippen MR) is 119 cm³/mol. The van der Waals surface area contributed by atoms with Crippen molar-refractivity contribution in [1.29, 1.82) is 0 Å². The van der Waals surface area contributed by atoms with Crippen LogP contribution in [-0.4, -0.2) is 29.0 Å². The number of hydrogen-bond donors (Lipinski definition) is 2. The Morgan fingerprint density at radius 1 is 0.839 bits per heavy atom. The van der Waals surface area contributed by atoms with Gasteiger partial charge in [0.1, 0.15) is 0 Å². The summed E-state index contributed by atoms with van der Waals surface area (Å²) in [6, 6.07) is 18.9. The topological polar surface area (TPSA) is 109 Å². The summed E-state index contributed by atoms with van der Waals surface area (Å²) in [5.41, 5.74) is 2.26. The number of carbonyl (C=O) groups excluding carboxylic acids is 1. The van der Waals surface area contributed by atoms with Crippen LogP contribution in [0, 0.1) is 6.92 Å². The second-order valence-corrected chi connectivity index (χ2v) is 10.8. The first-order valence-corrected chi connectivity index (χ1v) is 12.7. The smallest absolute Gasteiger partial charge is 0.261 e. The molecule has 0 fully saturated rings. The summed E-state index contributed by atoms with van der Waals surface area (Å²) >= 11 is 0. The monoisotopic (exact) mass is 458 g/mol. The molecule has 7 nitrogen and oxygen atoms in total. The van der Waals surface area contributed by atoms with Gasteiger partial charge in [-0.2, -0.15) is 0 Å². The van der Waals surface area contributed by atoms with E-state index in [1.807, 2.05) is 31.2 Å². The molecule has 162 valence electrons. The Bertz CT molecular complexity index is 1320. The average molecular weight is 459 g/mol. The van der Waals surface area contributed by atoms with Crippen LogP contribution in [0.25, 0.3) is 0 Å². The van der Waals surface area contributed by atoms with Crippen LogP contribution >= 0.6 is 0 Å². The van der Waals surface area contributed by atoms with Gasteiger partial charge in [-0.1, -0.05) is 48.0 Å². The van der Waals surface area contributed by atoms with E-state index in [0.717, 1.165) is 23.4 Å². The highest BCUT2D eigenvalue weighted by Crippen LogP contribution is 2.22. The van der Waals surface area contributed by atoms with Gasteiger partial charge in [0.05, 0.1) is 21.0 Å². The molecule has 3 aromatic rings. The number of aryl methyl sites for hydroxylation is 1. The van der Waals surface area contributed by atoms with Gasteiger partial charge in [-0.05, 0) is 42.8 Å². The number of rotatable bonds is 7. The van der Waals surface area contributed by atoms with Crippen molar-refractivity contribution in [2.24, 2.45) is 0 Å². The Morgan fingerprint density at radius 3 is 2.16 bits per heavy atom. The highest BCUT2D eigenvalue weighted by molar-refractivity contribution is 7.93. The van der Waals surface area contributed by atoms with Crippen LogP contribution in [0.4, 0.5) is 5.69 Å². The zero-order valence-corrected chi connectivity index (χ0v) is 18.6. The molecule has 0 bridgehead atoms. The molecule has 0 saturated carbocycles. The molecule has 2 N–H and O–H groups in total. The van der Waals surface area contributed by atoms with Crippen molar-refractivity contribution in [3.05, 3.63) is 89.5 Å². The van der Waals surface area contributed by atoms with Gasteiger partial charge in [0.25, 0.3) is 15.9 Å². The van der Waals surface area contributed by atoms with E-state index in [1.165, 1.54) is 30.3 Å². The average Bonchev–Trinajstić information content (AvgIpc) is 2.73. The van der Waals surface area contributed by atoms with Crippen molar-refractivity contribution in [1.82, 2.24) is 5.32 Å². The standard InChI is InChI=1S/C22H22N2O5S2/c1-16-10-12-17(13-11-16)15-23-22(25)20-8-3-4-9-21(20)24-31(28,29)19-7-5-6-18(14-19)30(2,26)27/h3-14,24H,15H2,1-2H3,(H,23,25). The first-order chi connectivity index (χ1) is 14.6. The normalized spacial score (nSPS) is 11.7. The van der Waals surface area contributed by atoms with Crippen LogP contribution in [0.3, 0.4) is 0 Å². The number of para-hydroxylation sites is 1. The maximum absolute atomic E-state index is 12.8. The second-order valence-electron chi connectivity index (χ2n) is 7.07. The van der Waals surface area contributed by atoms with Crippen molar-refractivity contribution in [3.8, 4) is 0 Å². The van der Waals surface area contributed by atoms with Gasteiger partial charge >= 0.3 is 0 Å². The Hall–Kier alpha value is -3.17. The molecule has 0 aliphatic carbocycles. The SMILES string of the molecule is Cc1ccc(CNC(=O)c2ccccc2NS(=O)(=O)c2cccc(S(C)(=O)=O)c2)cc1. The van der Waals surface area contributed by atoms with Gasteiger partial charge in [0.15, 0.2) is 9.84 Å². The molecule has 3 aromatic carbocycles. The van der Waals surface area contributed by atoms with Crippen LogP contribution in [0.5, 0.6) is 0 Å². The van der Waals surface area contributed by atoms with E-state index in [9.17, 15) is 21.6 Å². The minimum atomic E-state index is -4.12. The van der Waals surface area contributed by atoms with Crippen molar-refractivity contribution >= 4 is 31.5 Å². The third-order valence-corrected chi connectivity index (χ3v) is 7.01. The number of anilines is 1. The molecule has 9 heteroatoms. The molecule has 0 spiro atoms. The van der Waals surface area contributed by atoms with Crippen molar-refractivity contribution in [2.45, 2.75) is 23.3 Å². The molecule has 0 unspecified atom stereocenters. The van der Waals surface area contributed by atoms with Crippen LogP contribution in [0.1, 0.15) is 21.5 Å². The largest absolute Gasteiger partial charge is 0.348 e. The number of sulfone groups is 1. The Balaban J connectivity index is 1.83. The first kappa shape index (κ1) is 22.5. The third-order valence-electron chi connectivity index (χ3n) is 4.53. The summed E-state index contributed by atoms with van der Waals surface area (Å²) in [7, 11) is -7.69. The molecule has 0 aromatic heterocycles. The number of nitrogens with one attached hydrogen (secondary N) is 2. The number of carbonyl (C=O) groups is 1. The van der Waals surface area contributed by atoms with Gasteiger partial charge in [0.2, 0.25) is 0 Å². The molecule has 3 rings (SSSR count). The van der Waals surface area contributed by atoms with E-state index in [-0.39, 0.29) is 27.6 Å². The van der Waals surface area contributed by atoms with E-state index in [1.54, 1.807) is 12.1 Å². The molecular weight excluding hydrogens is 436 g/mol. The fraction of sp³-hybridized carbons (Fsp3) is 0.136. The van der Waals surface area contributed by atoms with Crippen LogP contribution < -0.4 is 10.0 Å². The summed E-state index contributed by atoms with van der Waals surface area (Å²) in [5, 5.41) is 2.78. The second kappa shape index (κ2) is 8.91. The highest BCUT2D eigenvalue weighted by atomic mass is 32.2. The lowest BCUT2D eigenvalue weighted by Gasteiger charge is -2.13. The van der Waals surface area contributed by atoms with E-state index in [0.29, 0.717) is 0 Å². The Morgan fingerprint density at radius 2 is 1.48 bits per heavy atom. The summed E-state index contributed by atoms with van der Waals surface area (Å²) in [4.78, 5) is 12.4. The van der Waals surface area contributed by atoms with Gasteiger partial charge in [0, 0.05) is 12.8 Å². The maximum Gasteiger partial charge on any atom is 0.261 e. The Labute approximate surface area is 182 Å². The van der Waals surface area contributed by atoms with Gasteiger partial charge < -0.3 is 5.32 Å².